The van der Waals surface area contributed by atoms with Crippen molar-refractivity contribution in [3.05, 3.63) is 0 Å². The van der Waals surface area contributed by atoms with Gasteiger partial charge in [-0.1, -0.05) is 36.2 Å². The van der Waals surface area contributed by atoms with E-state index in [-0.39, 0.29) is 0 Å². The van der Waals surface area contributed by atoms with E-state index in [0.717, 1.165) is 25.1 Å². The fourth-order valence-corrected chi connectivity index (χ4v) is 0.675. The molecule has 0 heterocycles. The van der Waals surface area contributed by atoms with Crippen molar-refractivity contribution in [3.63, 3.8) is 0 Å². The lowest BCUT2D eigenvalue weighted by Gasteiger charge is -2.06. The van der Waals surface area contributed by atoms with Crippen molar-refractivity contribution in [1.82, 2.24) is 4.90 Å². The van der Waals surface area contributed by atoms with Gasteiger partial charge in [0.2, 0.25) is 0 Å². The van der Waals surface area contributed by atoms with E-state index in [1.165, 1.54) is 6.42 Å². The second kappa shape index (κ2) is 23.9. The van der Waals surface area contributed by atoms with Crippen molar-refractivity contribution in [2.24, 2.45) is 0 Å². The van der Waals surface area contributed by atoms with Crippen LogP contribution in [-0.4, -0.2) is 58.3 Å². The van der Waals surface area contributed by atoms with E-state index in [2.05, 4.69) is 39.4 Å². The lowest BCUT2D eigenvalue weighted by atomic mass is 10.6. The van der Waals surface area contributed by atoms with Crippen LogP contribution in [0.3, 0.4) is 0 Å². The largest absolute Gasteiger partial charge is 0.384 e. The molecule has 3 nitrogen and oxygen atoms in total. The topological polar surface area (TPSA) is 21.7 Å². The Balaban J connectivity index is -0.000000158. The summed E-state index contributed by atoms with van der Waals surface area (Å²) in [7, 11) is 7.45. The normalized spacial score (nSPS) is 8.80. The zero-order valence-electron chi connectivity index (χ0n) is 11.2. The highest BCUT2D eigenvalue weighted by atomic mass is 79.9. The fourth-order valence-electron chi connectivity index (χ4n) is 0.351. The lowest BCUT2D eigenvalue weighted by Crippen LogP contribution is -2.16. The third-order valence-electron chi connectivity index (χ3n) is 1.02. The molecule has 0 bridgehead atoms. The van der Waals surface area contributed by atoms with Crippen molar-refractivity contribution in [3.8, 4) is 0 Å². The van der Waals surface area contributed by atoms with Gasteiger partial charge in [-0.2, -0.15) is 0 Å². The van der Waals surface area contributed by atoms with E-state index in [1.807, 2.05) is 14.1 Å². The fraction of sp³-hybridized carbons (Fsp3) is 1.00. The van der Waals surface area contributed by atoms with Crippen LogP contribution in [0.5, 0.6) is 0 Å². The molecule has 0 unspecified atom stereocenters. The second-order valence-corrected chi connectivity index (χ2v) is 3.98. The zero-order valence-corrected chi connectivity index (χ0v) is 12.8. The highest BCUT2D eigenvalue weighted by Gasteiger charge is 1.83. The number of ether oxygens (including phenoxy) is 2. The van der Waals surface area contributed by atoms with Gasteiger partial charge >= 0.3 is 0 Å². The number of rotatable bonds is 5. The van der Waals surface area contributed by atoms with Crippen LogP contribution in [0.25, 0.3) is 0 Å². The molecule has 0 saturated heterocycles. The van der Waals surface area contributed by atoms with E-state index in [4.69, 9.17) is 4.74 Å². The van der Waals surface area contributed by atoms with Crippen LogP contribution in [0.1, 0.15) is 20.3 Å². The first-order chi connectivity index (χ1) is 7.10. The van der Waals surface area contributed by atoms with Gasteiger partial charge in [0.1, 0.15) is 0 Å². The number of likely N-dealkylation sites (N-methyl/N-ethyl adjacent to an activating group) is 1. The van der Waals surface area contributed by atoms with E-state index in [1.54, 1.807) is 14.2 Å². The number of methoxy groups -OCH3 is 2. The van der Waals surface area contributed by atoms with Gasteiger partial charge in [0.05, 0.1) is 13.2 Å². The van der Waals surface area contributed by atoms with Gasteiger partial charge in [-0.05, 0) is 14.1 Å². The molecule has 0 aliphatic rings. The average Bonchev–Trinajstić information content (AvgIpc) is 2.18. The van der Waals surface area contributed by atoms with Crippen LogP contribution in [0, 0.1) is 0 Å². The van der Waals surface area contributed by atoms with E-state index >= 15 is 0 Å². The molecule has 0 aromatic carbocycles. The molecule has 0 aliphatic carbocycles. The molecule has 0 aliphatic heterocycles. The Morgan fingerprint density at radius 3 is 1.47 bits per heavy atom. The van der Waals surface area contributed by atoms with Gasteiger partial charge in [-0.25, -0.2) is 0 Å². The van der Waals surface area contributed by atoms with Gasteiger partial charge < -0.3 is 14.4 Å². The van der Waals surface area contributed by atoms with Crippen LogP contribution in [-0.2, 0) is 9.47 Å². The van der Waals surface area contributed by atoms with E-state index in [9.17, 15) is 0 Å². The third kappa shape index (κ3) is 54.2. The van der Waals surface area contributed by atoms with E-state index < -0.39 is 0 Å². The van der Waals surface area contributed by atoms with Gasteiger partial charge in [0, 0.05) is 26.1 Å². The van der Waals surface area contributed by atoms with Crippen molar-refractivity contribution >= 4 is 15.9 Å². The number of nitrogens with zero attached hydrogens (tertiary/aromatic N) is 1. The number of alkyl halides is 1. The van der Waals surface area contributed by atoms with Gasteiger partial charge in [0.15, 0.2) is 0 Å². The van der Waals surface area contributed by atoms with Crippen molar-refractivity contribution in [1.29, 1.82) is 0 Å². The summed E-state index contributed by atoms with van der Waals surface area (Å²) in [5, 5.41) is 0.934. The molecule has 0 saturated carbocycles. The van der Waals surface area contributed by atoms with Crippen LogP contribution < -0.4 is 0 Å². The summed E-state index contributed by atoms with van der Waals surface area (Å²) in [6.45, 7) is 6.89. The molecule has 0 spiro atoms. The number of hydrogen-bond acceptors (Lipinski definition) is 3. The highest BCUT2D eigenvalue weighted by Crippen LogP contribution is 1.75. The molecular formula is C11H28BrNO2. The average molecular weight is 286 g/mol. The number of hydrogen-bond donors (Lipinski definition) is 0. The van der Waals surface area contributed by atoms with Crippen LogP contribution in [0.4, 0.5) is 0 Å². The molecule has 0 atom stereocenters. The summed E-state index contributed by atoms with van der Waals surface area (Å²) in [6, 6.07) is 0. The zero-order chi connectivity index (χ0) is 12.5. The van der Waals surface area contributed by atoms with Crippen molar-refractivity contribution in [2.45, 2.75) is 20.3 Å². The maximum absolute atomic E-state index is 4.81. The summed E-state index contributed by atoms with van der Waals surface area (Å²) in [4.78, 5) is 2.09. The Kier molecular flexibility index (Phi) is 33.0. The molecule has 0 rings (SSSR count). The van der Waals surface area contributed by atoms with Gasteiger partial charge in [-0.3, -0.25) is 0 Å². The van der Waals surface area contributed by atoms with Gasteiger partial charge in [0.25, 0.3) is 0 Å². The standard InChI is InChI=1S/C5H13NO.C3H7BrO.C3H8/c1-6(2)4-5-7-3;1-5-3-2-4;1-3-2/h4-5H2,1-3H3;2-3H2,1H3;3H2,1-2H3. The van der Waals surface area contributed by atoms with E-state index in [0.29, 0.717) is 0 Å². The highest BCUT2D eigenvalue weighted by molar-refractivity contribution is 9.09. The second-order valence-electron chi connectivity index (χ2n) is 3.18. The molecule has 0 fully saturated rings. The minimum atomic E-state index is 0.806. The van der Waals surface area contributed by atoms with Gasteiger partial charge in [-0.15, -0.1) is 0 Å². The number of halogens is 1. The first kappa shape index (κ1) is 20.7. The Hall–Kier alpha value is 0.360. The lowest BCUT2D eigenvalue weighted by molar-refractivity contribution is 0.172. The van der Waals surface area contributed by atoms with Crippen molar-refractivity contribution in [2.75, 3.05) is 53.4 Å². The van der Waals surface area contributed by atoms with Crippen LogP contribution >= 0.6 is 15.9 Å². The van der Waals surface area contributed by atoms with Crippen molar-refractivity contribution < 1.29 is 9.47 Å². The Bertz CT molecular complexity index is 81.0. The molecule has 96 valence electrons. The Labute approximate surface area is 104 Å². The summed E-state index contributed by atoms with van der Waals surface area (Å²) < 4.78 is 9.46. The molecule has 0 aromatic rings. The SMILES string of the molecule is CCC.COCCBr.COCCN(C)C. The third-order valence-corrected chi connectivity index (χ3v) is 1.35. The van der Waals surface area contributed by atoms with Crippen LogP contribution in [0.15, 0.2) is 0 Å². The predicted octanol–water partition coefficient (Wildman–Crippen LogP) is 2.64. The monoisotopic (exact) mass is 285 g/mol. The molecule has 0 aromatic heterocycles. The summed E-state index contributed by atoms with van der Waals surface area (Å²) in [5.41, 5.74) is 0. The molecule has 4 heteroatoms. The summed E-state index contributed by atoms with van der Waals surface area (Å²) in [5.74, 6) is 0. The Morgan fingerprint density at radius 1 is 1.00 bits per heavy atom. The summed E-state index contributed by atoms with van der Waals surface area (Å²) >= 11 is 3.18. The maximum Gasteiger partial charge on any atom is 0.0589 e. The van der Waals surface area contributed by atoms with Crippen LogP contribution in [0.2, 0.25) is 0 Å². The first-order valence-corrected chi connectivity index (χ1v) is 6.41. The minimum absolute atomic E-state index is 0.806. The smallest absolute Gasteiger partial charge is 0.0589 e. The quantitative estimate of drug-likeness (QED) is 0.725. The molecule has 0 N–H and O–H groups in total. The first-order valence-electron chi connectivity index (χ1n) is 5.29. The molecule has 15 heavy (non-hydrogen) atoms. The molecular weight excluding hydrogens is 258 g/mol. The Morgan fingerprint density at radius 2 is 1.40 bits per heavy atom. The summed E-state index contributed by atoms with van der Waals surface area (Å²) in [6.07, 6.45) is 1.25. The maximum atomic E-state index is 4.81. The predicted molar refractivity (Wildman–Crippen MR) is 72.1 cm³/mol. The molecule has 0 radical (unpaired) electrons. The minimum Gasteiger partial charge on any atom is -0.384 e. The molecule has 0 amide bonds.